The van der Waals surface area contributed by atoms with Crippen LogP contribution in [0.5, 0.6) is 0 Å². The zero-order valence-corrected chi connectivity index (χ0v) is 17.7. The molecule has 3 N–H and O–H groups in total. The number of rotatable bonds is 9. The van der Waals surface area contributed by atoms with Crippen LogP contribution >= 0.6 is 0 Å². The van der Waals surface area contributed by atoms with E-state index in [9.17, 15) is 24.0 Å². The zero-order valence-electron chi connectivity index (χ0n) is 17.7. The van der Waals surface area contributed by atoms with Crippen LogP contribution in [-0.4, -0.2) is 62.0 Å². The molecule has 31 heavy (non-hydrogen) atoms. The molecule has 1 fully saturated rings. The van der Waals surface area contributed by atoms with E-state index in [-0.39, 0.29) is 12.8 Å². The number of piperazine rings is 1. The number of methoxy groups -OCH3 is 2. The fraction of sp³-hybridized carbons (Fsp3) is 0.476. The number of hydrogen-bond donors (Lipinski definition) is 3. The topological polar surface area (TPSA) is 140 Å². The van der Waals surface area contributed by atoms with Crippen LogP contribution in [0.15, 0.2) is 30.3 Å². The summed E-state index contributed by atoms with van der Waals surface area (Å²) in [5.74, 6) is -3.41. The first-order valence-electron chi connectivity index (χ1n) is 9.83. The maximum atomic E-state index is 12.5. The van der Waals surface area contributed by atoms with E-state index in [1.165, 1.54) is 7.11 Å². The third kappa shape index (κ3) is 6.80. The van der Waals surface area contributed by atoms with Crippen LogP contribution in [0.2, 0.25) is 0 Å². The quantitative estimate of drug-likeness (QED) is 0.444. The second-order valence-corrected chi connectivity index (χ2v) is 7.34. The minimum atomic E-state index is -1.11. The molecule has 0 saturated carbocycles. The molecule has 10 nitrogen and oxygen atoms in total. The van der Waals surface area contributed by atoms with E-state index < -0.39 is 53.7 Å². The van der Waals surface area contributed by atoms with Gasteiger partial charge in [-0.05, 0) is 11.5 Å². The van der Waals surface area contributed by atoms with Crippen molar-refractivity contribution in [2.75, 3.05) is 14.2 Å². The van der Waals surface area contributed by atoms with Gasteiger partial charge in [0.2, 0.25) is 17.7 Å². The minimum absolute atomic E-state index is 0.113. The molecule has 0 radical (unpaired) electrons. The van der Waals surface area contributed by atoms with Crippen LogP contribution in [0.4, 0.5) is 0 Å². The van der Waals surface area contributed by atoms with Gasteiger partial charge in [0.1, 0.15) is 18.1 Å². The number of amides is 3. The summed E-state index contributed by atoms with van der Waals surface area (Å²) >= 11 is 0. The van der Waals surface area contributed by atoms with Crippen LogP contribution in [-0.2, 0) is 39.9 Å². The Morgan fingerprint density at radius 3 is 2.23 bits per heavy atom. The smallest absolute Gasteiger partial charge is 0.328 e. The summed E-state index contributed by atoms with van der Waals surface area (Å²) < 4.78 is 9.28. The average Bonchev–Trinajstić information content (AvgIpc) is 2.75. The van der Waals surface area contributed by atoms with Gasteiger partial charge in [0, 0.05) is 6.42 Å². The highest BCUT2D eigenvalue weighted by Crippen LogP contribution is 2.13. The molecule has 10 heteroatoms. The zero-order chi connectivity index (χ0) is 23.0. The van der Waals surface area contributed by atoms with E-state index in [0.29, 0.717) is 6.42 Å². The Labute approximate surface area is 180 Å². The molecule has 4 atom stereocenters. The molecule has 1 aromatic rings. The van der Waals surface area contributed by atoms with E-state index in [4.69, 9.17) is 4.74 Å². The Hall–Kier alpha value is -3.43. The van der Waals surface area contributed by atoms with Crippen molar-refractivity contribution >= 4 is 29.7 Å². The van der Waals surface area contributed by atoms with Crippen molar-refractivity contribution in [1.29, 1.82) is 0 Å². The Morgan fingerprint density at radius 2 is 1.61 bits per heavy atom. The number of carbonyl (C=O) groups is 5. The lowest BCUT2D eigenvalue weighted by atomic mass is 9.97. The van der Waals surface area contributed by atoms with Gasteiger partial charge in [-0.25, -0.2) is 4.79 Å². The molecule has 0 aromatic heterocycles. The van der Waals surface area contributed by atoms with Gasteiger partial charge in [0.05, 0.1) is 27.1 Å². The van der Waals surface area contributed by atoms with Crippen molar-refractivity contribution in [2.45, 2.75) is 44.3 Å². The number of esters is 2. The van der Waals surface area contributed by atoms with Gasteiger partial charge in [-0.2, -0.15) is 0 Å². The lowest BCUT2D eigenvalue weighted by Crippen LogP contribution is -2.63. The Kier molecular flexibility index (Phi) is 8.53. The minimum Gasteiger partial charge on any atom is -0.469 e. The van der Waals surface area contributed by atoms with Crippen LogP contribution in [0.3, 0.4) is 0 Å². The molecule has 0 bridgehead atoms. The molecule has 0 unspecified atom stereocenters. The standard InChI is InChI=1S/C21H27N3O7/c1-12(9-17(26)30-2)18(21(29)31-3)24-16(25)11-15-20(28)22-14(19(27)23-15)10-13-7-5-4-6-8-13/h4-8,12,14-15,18H,9-11H2,1-3H3,(H,22,28)(H,23,27)(H,24,25)/t12-,14-,15-,18-/m0/s1. The Bertz CT molecular complexity index is 828. The van der Waals surface area contributed by atoms with Crippen LogP contribution in [0, 0.1) is 5.92 Å². The van der Waals surface area contributed by atoms with E-state index in [1.807, 2.05) is 30.3 Å². The number of nitrogens with one attached hydrogen (secondary N) is 3. The Morgan fingerprint density at radius 1 is 1.00 bits per heavy atom. The number of benzene rings is 1. The second-order valence-electron chi connectivity index (χ2n) is 7.34. The maximum Gasteiger partial charge on any atom is 0.328 e. The van der Waals surface area contributed by atoms with Crippen LogP contribution < -0.4 is 16.0 Å². The molecular formula is C21H27N3O7. The van der Waals surface area contributed by atoms with Gasteiger partial charge >= 0.3 is 11.9 Å². The van der Waals surface area contributed by atoms with Gasteiger partial charge in [-0.1, -0.05) is 37.3 Å². The first kappa shape index (κ1) is 23.8. The lowest BCUT2D eigenvalue weighted by molar-refractivity contribution is -0.148. The van der Waals surface area contributed by atoms with Crippen molar-refractivity contribution < 1.29 is 33.4 Å². The number of carbonyl (C=O) groups excluding carboxylic acids is 5. The van der Waals surface area contributed by atoms with Gasteiger partial charge in [-0.3, -0.25) is 19.2 Å². The van der Waals surface area contributed by atoms with Crippen molar-refractivity contribution in [2.24, 2.45) is 5.92 Å². The molecule has 1 heterocycles. The van der Waals surface area contributed by atoms with E-state index >= 15 is 0 Å². The van der Waals surface area contributed by atoms with Crippen molar-refractivity contribution in [3.63, 3.8) is 0 Å². The number of hydrogen-bond acceptors (Lipinski definition) is 7. The average molecular weight is 433 g/mol. The molecule has 1 saturated heterocycles. The van der Waals surface area contributed by atoms with Gasteiger partial charge in [0.15, 0.2) is 0 Å². The fourth-order valence-corrected chi connectivity index (χ4v) is 3.26. The summed E-state index contributed by atoms with van der Waals surface area (Å²) in [7, 11) is 2.38. The fourth-order valence-electron chi connectivity index (χ4n) is 3.26. The first-order valence-corrected chi connectivity index (χ1v) is 9.83. The number of ether oxygens (including phenoxy) is 2. The molecule has 168 valence electrons. The summed E-state index contributed by atoms with van der Waals surface area (Å²) in [6, 6.07) is 6.30. The summed E-state index contributed by atoms with van der Waals surface area (Å²) in [6.45, 7) is 1.59. The third-order valence-electron chi connectivity index (χ3n) is 5.00. The van der Waals surface area contributed by atoms with Gasteiger partial charge in [0.25, 0.3) is 0 Å². The molecule has 1 aliphatic heterocycles. The molecule has 0 aliphatic carbocycles. The summed E-state index contributed by atoms with van der Waals surface area (Å²) in [5, 5.41) is 7.66. The maximum absolute atomic E-state index is 12.5. The van der Waals surface area contributed by atoms with Crippen LogP contribution in [0.1, 0.15) is 25.3 Å². The largest absolute Gasteiger partial charge is 0.469 e. The van der Waals surface area contributed by atoms with Crippen molar-refractivity contribution in [3.05, 3.63) is 35.9 Å². The molecule has 2 rings (SSSR count). The SMILES string of the molecule is COC(=O)C[C@H](C)[C@H](NC(=O)C[C@@H]1NC(=O)[C@H](Cc2ccccc2)NC1=O)C(=O)OC. The van der Waals surface area contributed by atoms with Crippen molar-refractivity contribution in [1.82, 2.24) is 16.0 Å². The molecule has 1 aromatic carbocycles. The lowest BCUT2D eigenvalue weighted by Gasteiger charge is -2.30. The van der Waals surface area contributed by atoms with Gasteiger partial charge < -0.3 is 25.4 Å². The summed E-state index contributed by atoms with van der Waals surface area (Å²) in [5.41, 5.74) is 0.889. The third-order valence-corrected chi connectivity index (χ3v) is 5.00. The second kappa shape index (κ2) is 11.1. The summed E-state index contributed by atoms with van der Waals surface area (Å²) in [4.78, 5) is 60.8. The van der Waals surface area contributed by atoms with E-state index in [2.05, 4.69) is 20.7 Å². The van der Waals surface area contributed by atoms with Crippen LogP contribution in [0.25, 0.3) is 0 Å². The molecular weight excluding hydrogens is 406 g/mol. The first-order chi connectivity index (χ1) is 14.7. The summed E-state index contributed by atoms with van der Waals surface area (Å²) in [6.07, 6.45) is -0.154. The Balaban J connectivity index is 1.95. The van der Waals surface area contributed by atoms with Gasteiger partial charge in [-0.15, -0.1) is 0 Å². The molecule has 3 amide bonds. The highest BCUT2D eigenvalue weighted by Gasteiger charge is 2.36. The predicted molar refractivity (Wildman–Crippen MR) is 108 cm³/mol. The van der Waals surface area contributed by atoms with Crippen molar-refractivity contribution in [3.8, 4) is 0 Å². The normalized spacial score (nSPS) is 20.0. The van der Waals surface area contributed by atoms with E-state index in [0.717, 1.165) is 12.7 Å². The predicted octanol–water partition coefficient (Wildman–Crippen LogP) is -0.541. The monoisotopic (exact) mass is 433 g/mol. The van der Waals surface area contributed by atoms with E-state index in [1.54, 1.807) is 6.92 Å². The highest BCUT2D eigenvalue weighted by atomic mass is 16.5. The molecule has 0 spiro atoms. The molecule has 1 aliphatic rings. The highest BCUT2D eigenvalue weighted by molar-refractivity contribution is 5.99.